The number of rotatable bonds is 9. The summed E-state index contributed by atoms with van der Waals surface area (Å²) in [6, 6.07) is 59.5. The predicted octanol–water partition coefficient (Wildman–Crippen LogP) is 17.0. The second-order valence-corrected chi connectivity index (χ2v) is 19.7. The normalized spacial score (nSPS) is 13.5. The van der Waals surface area contributed by atoms with E-state index in [1.807, 2.05) is 54.7 Å². The van der Waals surface area contributed by atoms with E-state index in [0.29, 0.717) is 28.2 Å². The Morgan fingerprint density at radius 3 is 1.94 bits per heavy atom. The molecular weight excluding hydrogens is 1120 g/mol. The molecular formula is C70H49N5OPt-2. The van der Waals surface area contributed by atoms with E-state index in [2.05, 4.69) is 151 Å². The maximum absolute atomic E-state index is 9.10. The van der Waals surface area contributed by atoms with Gasteiger partial charge >= 0.3 is 0 Å². The molecule has 0 N–H and O–H groups in total. The summed E-state index contributed by atoms with van der Waals surface area (Å²) in [6.07, 6.45) is 5.29. The zero-order valence-corrected chi connectivity index (χ0v) is 44.1. The van der Waals surface area contributed by atoms with Crippen molar-refractivity contribution in [1.29, 1.82) is 0 Å². The van der Waals surface area contributed by atoms with Gasteiger partial charge in [0.25, 0.3) is 6.33 Å². The van der Waals surface area contributed by atoms with Crippen LogP contribution in [0.3, 0.4) is 0 Å². The Labute approximate surface area is 475 Å². The van der Waals surface area contributed by atoms with Gasteiger partial charge in [0, 0.05) is 66.3 Å². The van der Waals surface area contributed by atoms with Gasteiger partial charge in [0.1, 0.15) is 5.82 Å². The summed E-state index contributed by atoms with van der Waals surface area (Å²) in [5.74, 6) is 1.48. The van der Waals surface area contributed by atoms with Gasteiger partial charge in [-0.15, -0.1) is 29.7 Å². The topological polar surface area (TPSA) is 40.8 Å². The van der Waals surface area contributed by atoms with Crippen molar-refractivity contribution in [2.75, 3.05) is 0 Å². The van der Waals surface area contributed by atoms with Crippen LogP contribution in [-0.4, -0.2) is 18.7 Å². The van der Waals surface area contributed by atoms with Crippen molar-refractivity contribution in [1.82, 2.24) is 18.7 Å². The molecule has 0 saturated carbocycles. The molecule has 0 aliphatic carbocycles. The monoisotopic (exact) mass is 1180 g/mol. The van der Waals surface area contributed by atoms with Crippen molar-refractivity contribution >= 4 is 54.6 Å². The number of benzene rings is 10. The van der Waals surface area contributed by atoms with Crippen molar-refractivity contribution in [2.45, 2.75) is 26.2 Å². The van der Waals surface area contributed by atoms with Crippen LogP contribution in [0.25, 0.3) is 111 Å². The minimum Gasteiger partial charge on any atom is -0.510 e. The van der Waals surface area contributed by atoms with E-state index < -0.39 is 60.4 Å². The first kappa shape index (κ1) is 37.6. The summed E-state index contributed by atoms with van der Waals surface area (Å²) >= 11 is 0. The third-order valence-electron chi connectivity index (χ3n) is 14.1. The summed E-state index contributed by atoms with van der Waals surface area (Å²) in [5, 5.41) is 4.27. The van der Waals surface area contributed by atoms with E-state index in [1.165, 1.54) is 5.39 Å². The Kier molecular flexibility index (Phi) is 9.40. The number of hydrogen-bond acceptors (Lipinski definition) is 2. The molecule has 14 rings (SSSR count). The van der Waals surface area contributed by atoms with Crippen molar-refractivity contribution < 1.29 is 44.1 Å². The number of hydrogen-bond donors (Lipinski definition) is 0. The first-order valence-corrected chi connectivity index (χ1v) is 25.0. The predicted molar refractivity (Wildman–Crippen MR) is 309 cm³/mol. The molecule has 4 aromatic heterocycles. The smallest absolute Gasteiger partial charge is 0.268 e. The van der Waals surface area contributed by atoms with Crippen LogP contribution in [0.15, 0.2) is 243 Å². The molecule has 7 heteroatoms. The van der Waals surface area contributed by atoms with Gasteiger partial charge in [0.2, 0.25) is 0 Å². The minimum atomic E-state index is -0.577. The molecule has 10 aromatic carbocycles. The molecule has 4 heterocycles. The van der Waals surface area contributed by atoms with Crippen LogP contribution in [0.4, 0.5) is 0 Å². The van der Waals surface area contributed by atoms with Gasteiger partial charge in [-0.2, -0.15) is 18.2 Å². The molecule has 0 aliphatic heterocycles. The maximum atomic E-state index is 9.10. The van der Waals surface area contributed by atoms with Crippen LogP contribution in [0.2, 0.25) is 0 Å². The Hall–Kier alpha value is -9.09. The third-order valence-corrected chi connectivity index (χ3v) is 14.1. The minimum absolute atomic E-state index is 0. The van der Waals surface area contributed by atoms with Gasteiger partial charge in [-0.25, -0.2) is 4.98 Å². The fourth-order valence-electron chi connectivity index (χ4n) is 10.6. The van der Waals surface area contributed by atoms with E-state index in [1.54, 1.807) is 33.4 Å². The molecule has 0 amide bonds. The van der Waals surface area contributed by atoms with E-state index >= 15 is 0 Å². The summed E-state index contributed by atoms with van der Waals surface area (Å²) < 4.78 is 102. The third kappa shape index (κ3) is 8.24. The summed E-state index contributed by atoms with van der Waals surface area (Å²) in [6.45, 7) is 6.55. The van der Waals surface area contributed by atoms with Gasteiger partial charge in [0.15, 0.2) is 0 Å². The number of imidazole rings is 1. The van der Waals surface area contributed by atoms with Crippen LogP contribution in [-0.2, 0) is 26.5 Å². The molecule has 0 spiro atoms. The van der Waals surface area contributed by atoms with Crippen molar-refractivity contribution in [3.05, 3.63) is 267 Å². The van der Waals surface area contributed by atoms with Gasteiger partial charge in [0.05, 0.1) is 41.5 Å². The number of para-hydroxylation sites is 6. The van der Waals surface area contributed by atoms with Crippen LogP contribution >= 0.6 is 0 Å². The van der Waals surface area contributed by atoms with Crippen molar-refractivity contribution in [3.8, 4) is 67.8 Å². The van der Waals surface area contributed by atoms with Crippen molar-refractivity contribution in [3.63, 3.8) is 0 Å². The Morgan fingerprint density at radius 1 is 0.519 bits per heavy atom. The van der Waals surface area contributed by atoms with Crippen LogP contribution in [0.1, 0.15) is 40.0 Å². The maximum Gasteiger partial charge on any atom is 0.268 e. The molecule has 14 aromatic rings. The molecule has 6 nitrogen and oxygen atoms in total. The average Bonchev–Trinajstić information content (AvgIpc) is 1.75. The Morgan fingerprint density at radius 2 is 1.17 bits per heavy atom. The fraction of sp³-hybridized carbons (Fsp3) is 0.0571. The SMILES string of the molecule is [2H]c1c([2H])c([2H])c(-c2cccc(-c3c([2H])c([2H])c([2H])c([2H])c3[2H])c2-[n+]2[c-]n(-c3[c-]c(Oc4[c-]c5c(cc4)c4cc(-c6cccc7c8ccccc8n(-c8ccccc8)c67)ccc4n5-c4cc(C(C)(C)C)ccn4)ccc3)c3ccccc32)c([2H])c1[2H].[Pt]. The largest absolute Gasteiger partial charge is 0.510 e. The number of pyridine rings is 1. The second-order valence-electron chi connectivity index (χ2n) is 19.7. The fourth-order valence-corrected chi connectivity index (χ4v) is 10.6. The zero-order chi connectivity index (χ0) is 59.6. The van der Waals surface area contributed by atoms with Gasteiger partial charge in [-0.1, -0.05) is 196 Å². The summed E-state index contributed by atoms with van der Waals surface area (Å²) in [7, 11) is 0. The van der Waals surface area contributed by atoms with E-state index in [-0.39, 0.29) is 54.4 Å². The van der Waals surface area contributed by atoms with E-state index in [9.17, 15) is 0 Å². The van der Waals surface area contributed by atoms with Crippen LogP contribution in [0.5, 0.6) is 11.5 Å². The molecule has 0 saturated heterocycles. The van der Waals surface area contributed by atoms with Crippen LogP contribution < -0.4 is 9.30 Å². The average molecular weight is 1180 g/mol. The zero-order valence-electron chi connectivity index (χ0n) is 51.8. The van der Waals surface area contributed by atoms with Crippen LogP contribution in [0, 0.1) is 18.5 Å². The first-order valence-electron chi connectivity index (χ1n) is 30.0. The molecule has 372 valence electrons. The molecule has 0 atom stereocenters. The molecule has 0 aliphatic rings. The van der Waals surface area contributed by atoms with Gasteiger partial charge < -0.3 is 18.4 Å². The summed E-state index contributed by atoms with van der Waals surface area (Å²) in [5.41, 5.74) is 9.82. The summed E-state index contributed by atoms with van der Waals surface area (Å²) in [4.78, 5) is 4.98. The second kappa shape index (κ2) is 19.2. The van der Waals surface area contributed by atoms with Gasteiger partial charge in [-0.3, -0.25) is 4.57 Å². The van der Waals surface area contributed by atoms with E-state index in [0.717, 1.165) is 66.4 Å². The quantitative estimate of drug-likeness (QED) is 0.107. The van der Waals surface area contributed by atoms with Gasteiger partial charge in [-0.05, 0) is 86.3 Å². The number of fused-ring (bicyclic) bond motifs is 7. The molecule has 0 unspecified atom stereocenters. The van der Waals surface area contributed by atoms with Crippen molar-refractivity contribution in [2.24, 2.45) is 0 Å². The number of ether oxygens (including phenoxy) is 1. The molecule has 0 fully saturated rings. The van der Waals surface area contributed by atoms with E-state index in [4.69, 9.17) is 23.4 Å². The first-order chi connectivity index (χ1) is 41.5. The molecule has 0 radical (unpaired) electrons. The number of aromatic nitrogens is 5. The number of nitrogens with zero attached hydrogens (tertiary/aromatic N) is 5. The standard InChI is InChI=1S/C70H49N5O.Pt/c1-70(2,3)50-40-41-71-67(43-50)75-63-39-36-49(57-31-19-32-60-58-28-13-14-33-62(58)74(69(57)60)51-24-11-6-12-25-51)42-61(63)59-38-37-54(45-66(59)75)76-53-27-17-26-52(44-53)72-46-73(65-35-16-15-34-64(65)72)68-55(47-20-7-4-8-21-47)29-18-30-56(68)48-22-9-5-10-23-48;/h4-43H,1-3H3;/q-2;/i4D,5D,7D,8D,9D,10D,20D,21D,22D,23D;. The molecule has 77 heavy (non-hydrogen) atoms. The Bertz CT molecular complexity index is 5020. The Balaban J connectivity index is 0.00000700. The molecule has 0 bridgehead atoms.